The molecule has 1 heterocycles. The number of methoxy groups -OCH3 is 1. The van der Waals surface area contributed by atoms with E-state index in [0.717, 1.165) is 4.47 Å². The highest BCUT2D eigenvalue weighted by molar-refractivity contribution is 9.10. The second kappa shape index (κ2) is 4.02. The first-order chi connectivity index (χ1) is 5.65. The number of carbonyl (C=O) groups excluding carboxylic acids is 1. The summed E-state index contributed by atoms with van der Waals surface area (Å²) in [7, 11) is 1.24. The predicted octanol–water partition coefficient (Wildman–Crippen LogP) is 1.72. The summed E-state index contributed by atoms with van der Waals surface area (Å²) in [5.74, 6) is -0.635. The maximum atomic E-state index is 10.8. The van der Waals surface area contributed by atoms with Gasteiger partial charge in [-0.2, -0.15) is 0 Å². The first-order valence-electron chi connectivity index (χ1n) is 3.15. The standard InChI is InChI=1S/C7H7BrO3S/c1-11-7(10)6(9)5-2-4(8)3-12-5/h2-3,6,9H,1H3/t6-/m0/s1. The number of rotatable bonds is 2. The van der Waals surface area contributed by atoms with Gasteiger partial charge in [-0.15, -0.1) is 11.3 Å². The molecular weight excluding hydrogens is 244 g/mol. The minimum atomic E-state index is -1.16. The Morgan fingerprint density at radius 1 is 1.83 bits per heavy atom. The fourth-order valence-electron chi connectivity index (χ4n) is 0.699. The van der Waals surface area contributed by atoms with Crippen LogP contribution in [0.1, 0.15) is 11.0 Å². The summed E-state index contributed by atoms with van der Waals surface area (Å²) in [5.41, 5.74) is 0. The number of hydrogen-bond donors (Lipinski definition) is 1. The quantitative estimate of drug-likeness (QED) is 0.814. The molecule has 0 aromatic carbocycles. The van der Waals surface area contributed by atoms with Gasteiger partial charge in [-0.05, 0) is 22.0 Å². The number of aliphatic hydroxyl groups excluding tert-OH is 1. The molecular formula is C7H7BrO3S. The van der Waals surface area contributed by atoms with Gasteiger partial charge >= 0.3 is 5.97 Å². The Morgan fingerprint density at radius 2 is 2.50 bits per heavy atom. The molecule has 0 aliphatic carbocycles. The topological polar surface area (TPSA) is 46.5 Å². The summed E-state index contributed by atoms with van der Waals surface area (Å²) in [6.07, 6.45) is -1.16. The minimum absolute atomic E-state index is 0.578. The van der Waals surface area contributed by atoms with Crippen molar-refractivity contribution in [2.24, 2.45) is 0 Å². The largest absolute Gasteiger partial charge is 0.467 e. The first-order valence-corrected chi connectivity index (χ1v) is 4.82. The normalized spacial score (nSPS) is 12.6. The van der Waals surface area contributed by atoms with Gasteiger partial charge in [0.2, 0.25) is 0 Å². The average molecular weight is 251 g/mol. The monoisotopic (exact) mass is 250 g/mol. The van der Waals surface area contributed by atoms with E-state index in [4.69, 9.17) is 0 Å². The highest BCUT2D eigenvalue weighted by Gasteiger charge is 2.19. The Balaban J connectivity index is 2.77. The van der Waals surface area contributed by atoms with Gasteiger partial charge in [-0.3, -0.25) is 0 Å². The van der Waals surface area contributed by atoms with Gasteiger partial charge in [-0.25, -0.2) is 4.79 Å². The molecule has 0 fully saturated rings. The molecule has 12 heavy (non-hydrogen) atoms. The van der Waals surface area contributed by atoms with E-state index in [1.807, 2.05) is 0 Å². The molecule has 0 saturated carbocycles. The van der Waals surface area contributed by atoms with Crippen LogP contribution in [0.3, 0.4) is 0 Å². The molecule has 0 bridgehead atoms. The Bertz CT molecular complexity index is 284. The molecule has 0 amide bonds. The average Bonchev–Trinajstić information content (AvgIpc) is 2.49. The predicted molar refractivity (Wildman–Crippen MR) is 49.0 cm³/mol. The van der Waals surface area contributed by atoms with Gasteiger partial charge in [-0.1, -0.05) is 0 Å². The summed E-state index contributed by atoms with van der Waals surface area (Å²) in [6, 6.07) is 1.69. The molecule has 0 aliphatic rings. The second-order valence-corrected chi connectivity index (χ2v) is 3.95. The van der Waals surface area contributed by atoms with E-state index in [9.17, 15) is 9.90 Å². The van der Waals surface area contributed by atoms with Gasteiger partial charge in [0.1, 0.15) is 0 Å². The van der Waals surface area contributed by atoms with Gasteiger partial charge in [0.05, 0.1) is 7.11 Å². The summed E-state index contributed by atoms with van der Waals surface area (Å²) < 4.78 is 5.23. The lowest BCUT2D eigenvalue weighted by atomic mass is 10.3. The van der Waals surface area contributed by atoms with Crippen molar-refractivity contribution in [3.05, 3.63) is 20.8 Å². The van der Waals surface area contributed by atoms with Crippen molar-refractivity contribution < 1.29 is 14.6 Å². The number of ether oxygens (including phenoxy) is 1. The van der Waals surface area contributed by atoms with Crippen LogP contribution in [0.25, 0.3) is 0 Å². The molecule has 66 valence electrons. The van der Waals surface area contributed by atoms with Gasteiger partial charge in [0.15, 0.2) is 6.10 Å². The van der Waals surface area contributed by atoms with Crippen LogP contribution in [0, 0.1) is 0 Å². The van der Waals surface area contributed by atoms with Crippen molar-refractivity contribution >= 4 is 33.2 Å². The second-order valence-electron chi connectivity index (χ2n) is 2.09. The zero-order valence-corrected chi connectivity index (χ0v) is 8.68. The third-order valence-electron chi connectivity index (χ3n) is 1.28. The van der Waals surface area contributed by atoms with Gasteiger partial charge in [0, 0.05) is 14.7 Å². The van der Waals surface area contributed by atoms with E-state index in [1.54, 1.807) is 11.4 Å². The van der Waals surface area contributed by atoms with Gasteiger partial charge < -0.3 is 9.84 Å². The zero-order chi connectivity index (χ0) is 9.14. The molecule has 5 heteroatoms. The van der Waals surface area contributed by atoms with E-state index in [-0.39, 0.29) is 0 Å². The fraction of sp³-hybridized carbons (Fsp3) is 0.286. The smallest absolute Gasteiger partial charge is 0.340 e. The molecule has 0 spiro atoms. The number of halogens is 1. The molecule has 0 unspecified atom stereocenters. The van der Waals surface area contributed by atoms with Crippen molar-refractivity contribution in [2.45, 2.75) is 6.10 Å². The summed E-state index contributed by atoms with van der Waals surface area (Å²) in [4.78, 5) is 11.4. The SMILES string of the molecule is COC(=O)[C@@H](O)c1cc(Br)cs1. The van der Waals surface area contributed by atoms with Crippen molar-refractivity contribution in [3.8, 4) is 0 Å². The number of carbonyl (C=O) groups is 1. The van der Waals surface area contributed by atoms with Crippen LogP contribution in [0.15, 0.2) is 15.9 Å². The zero-order valence-electron chi connectivity index (χ0n) is 6.28. The van der Waals surface area contributed by atoms with Crippen molar-refractivity contribution in [2.75, 3.05) is 7.11 Å². The number of hydrogen-bond acceptors (Lipinski definition) is 4. The lowest BCUT2D eigenvalue weighted by molar-refractivity contribution is -0.150. The molecule has 1 atom stereocenters. The van der Waals surface area contributed by atoms with E-state index >= 15 is 0 Å². The van der Waals surface area contributed by atoms with E-state index < -0.39 is 12.1 Å². The maximum Gasteiger partial charge on any atom is 0.340 e. The van der Waals surface area contributed by atoms with Gasteiger partial charge in [0.25, 0.3) is 0 Å². The van der Waals surface area contributed by atoms with Crippen molar-refractivity contribution in [1.29, 1.82) is 0 Å². The molecule has 0 radical (unpaired) electrons. The van der Waals surface area contributed by atoms with Crippen LogP contribution >= 0.6 is 27.3 Å². The maximum absolute atomic E-state index is 10.8. The lowest BCUT2D eigenvalue weighted by Crippen LogP contribution is -2.11. The van der Waals surface area contributed by atoms with Crippen LogP contribution in [0.5, 0.6) is 0 Å². The summed E-state index contributed by atoms with van der Waals surface area (Å²) in [6.45, 7) is 0. The van der Waals surface area contributed by atoms with E-state index in [0.29, 0.717) is 4.88 Å². The first kappa shape index (κ1) is 9.70. The number of esters is 1. The molecule has 0 saturated heterocycles. The summed E-state index contributed by atoms with van der Waals surface area (Å²) >= 11 is 4.52. The Morgan fingerprint density at radius 3 is 2.92 bits per heavy atom. The van der Waals surface area contributed by atoms with Crippen LogP contribution in [0.2, 0.25) is 0 Å². The third kappa shape index (κ3) is 2.06. The molecule has 0 aliphatic heterocycles. The summed E-state index contributed by atoms with van der Waals surface area (Å²) in [5, 5.41) is 11.1. The van der Waals surface area contributed by atoms with Crippen LogP contribution in [-0.2, 0) is 9.53 Å². The highest BCUT2D eigenvalue weighted by atomic mass is 79.9. The van der Waals surface area contributed by atoms with Crippen LogP contribution in [-0.4, -0.2) is 18.2 Å². The molecule has 1 aromatic heterocycles. The molecule has 1 N–H and O–H groups in total. The van der Waals surface area contributed by atoms with Crippen molar-refractivity contribution in [1.82, 2.24) is 0 Å². The third-order valence-corrected chi connectivity index (χ3v) is 3.03. The fourth-order valence-corrected chi connectivity index (χ4v) is 2.11. The molecule has 3 nitrogen and oxygen atoms in total. The van der Waals surface area contributed by atoms with E-state index in [1.165, 1.54) is 18.4 Å². The molecule has 1 rings (SSSR count). The number of thiophene rings is 1. The Labute approximate surface area is 82.1 Å². The molecule has 1 aromatic rings. The highest BCUT2D eigenvalue weighted by Crippen LogP contribution is 2.25. The lowest BCUT2D eigenvalue weighted by Gasteiger charge is -2.03. The van der Waals surface area contributed by atoms with Crippen LogP contribution < -0.4 is 0 Å². The van der Waals surface area contributed by atoms with E-state index in [2.05, 4.69) is 20.7 Å². The van der Waals surface area contributed by atoms with Crippen LogP contribution in [0.4, 0.5) is 0 Å². The number of aliphatic hydroxyl groups is 1. The minimum Gasteiger partial charge on any atom is -0.467 e. The Kier molecular flexibility index (Phi) is 3.25. The van der Waals surface area contributed by atoms with Crippen molar-refractivity contribution in [3.63, 3.8) is 0 Å². The Hall–Kier alpha value is -0.390.